The Morgan fingerprint density at radius 2 is 2.53 bits per heavy atom. The molecule has 84 valence electrons. The van der Waals surface area contributed by atoms with Gasteiger partial charge in [-0.2, -0.15) is 11.8 Å². The fourth-order valence-electron chi connectivity index (χ4n) is 1.84. The quantitative estimate of drug-likeness (QED) is 0.886. The standard InChI is InChI=1S/C11H18N2S2/c1-8(12)10-7-15-11(13-10)5-9-3-2-4-14-6-9/h7-9H,2-6,12H2,1H3. The van der Waals surface area contributed by atoms with E-state index in [2.05, 4.69) is 22.1 Å². The third-order valence-electron chi connectivity index (χ3n) is 2.75. The van der Waals surface area contributed by atoms with Crippen molar-refractivity contribution in [2.75, 3.05) is 11.5 Å². The molecule has 2 N–H and O–H groups in total. The van der Waals surface area contributed by atoms with Crippen LogP contribution in [0.3, 0.4) is 0 Å². The van der Waals surface area contributed by atoms with E-state index in [9.17, 15) is 0 Å². The lowest BCUT2D eigenvalue weighted by Gasteiger charge is -2.19. The van der Waals surface area contributed by atoms with E-state index in [1.807, 2.05) is 6.92 Å². The van der Waals surface area contributed by atoms with E-state index in [4.69, 9.17) is 5.73 Å². The molecule has 1 aliphatic rings. The number of nitrogens with zero attached hydrogens (tertiary/aromatic N) is 1. The van der Waals surface area contributed by atoms with Gasteiger partial charge in [-0.15, -0.1) is 11.3 Å². The van der Waals surface area contributed by atoms with E-state index in [0.29, 0.717) is 0 Å². The van der Waals surface area contributed by atoms with Crippen LogP contribution < -0.4 is 5.73 Å². The topological polar surface area (TPSA) is 38.9 Å². The minimum Gasteiger partial charge on any atom is -0.323 e. The molecule has 0 bridgehead atoms. The fourth-order valence-corrected chi connectivity index (χ4v) is 4.01. The monoisotopic (exact) mass is 242 g/mol. The van der Waals surface area contributed by atoms with Gasteiger partial charge in [0, 0.05) is 17.8 Å². The first-order valence-electron chi connectivity index (χ1n) is 5.53. The molecule has 0 spiro atoms. The Hall–Kier alpha value is -0.0600. The Kier molecular flexibility index (Phi) is 4.05. The third kappa shape index (κ3) is 3.20. The number of rotatable bonds is 3. The average Bonchev–Trinajstić information content (AvgIpc) is 2.68. The van der Waals surface area contributed by atoms with Crippen LogP contribution in [0.4, 0.5) is 0 Å². The largest absolute Gasteiger partial charge is 0.323 e. The van der Waals surface area contributed by atoms with E-state index in [-0.39, 0.29) is 6.04 Å². The molecule has 2 unspecified atom stereocenters. The molecule has 15 heavy (non-hydrogen) atoms. The maximum atomic E-state index is 5.80. The molecule has 0 amide bonds. The van der Waals surface area contributed by atoms with Crippen LogP contribution in [0, 0.1) is 5.92 Å². The second-order valence-electron chi connectivity index (χ2n) is 4.24. The smallest absolute Gasteiger partial charge is 0.0932 e. The maximum absolute atomic E-state index is 5.80. The van der Waals surface area contributed by atoms with Crippen molar-refractivity contribution >= 4 is 23.1 Å². The van der Waals surface area contributed by atoms with Crippen molar-refractivity contribution < 1.29 is 0 Å². The molecule has 1 fully saturated rings. The van der Waals surface area contributed by atoms with Gasteiger partial charge < -0.3 is 5.73 Å². The molecule has 0 radical (unpaired) electrons. The minimum atomic E-state index is 0.0794. The van der Waals surface area contributed by atoms with Gasteiger partial charge in [0.05, 0.1) is 10.7 Å². The molecule has 2 heterocycles. The lowest BCUT2D eigenvalue weighted by molar-refractivity contribution is 0.519. The van der Waals surface area contributed by atoms with E-state index >= 15 is 0 Å². The number of hydrogen-bond donors (Lipinski definition) is 1. The first kappa shape index (κ1) is 11.4. The van der Waals surface area contributed by atoms with Gasteiger partial charge in [0.2, 0.25) is 0 Å². The summed E-state index contributed by atoms with van der Waals surface area (Å²) in [6.45, 7) is 2.00. The molecule has 0 saturated carbocycles. The zero-order chi connectivity index (χ0) is 10.7. The lowest BCUT2D eigenvalue weighted by atomic mass is 10.0. The molecule has 1 aromatic heterocycles. The van der Waals surface area contributed by atoms with Crippen LogP contribution in [0.1, 0.15) is 36.5 Å². The van der Waals surface area contributed by atoms with Crippen LogP contribution in [-0.4, -0.2) is 16.5 Å². The summed E-state index contributed by atoms with van der Waals surface area (Å²) in [7, 11) is 0. The van der Waals surface area contributed by atoms with E-state index in [0.717, 1.165) is 18.0 Å². The normalized spacial score (nSPS) is 24.0. The lowest BCUT2D eigenvalue weighted by Crippen LogP contribution is -2.13. The molecule has 1 aliphatic heterocycles. The molecule has 4 heteroatoms. The highest BCUT2D eigenvalue weighted by atomic mass is 32.2. The number of thioether (sulfide) groups is 1. The molecular formula is C11H18N2S2. The van der Waals surface area contributed by atoms with Gasteiger partial charge >= 0.3 is 0 Å². The Labute approximate surface area is 99.7 Å². The van der Waals surface area contributed by atoms with Gasteiger partial charge in [-0.1, -0.05) is 0 Å². The average molecular weight is 242 g/mol. The van der Waals surface area contributed by atoms with E-state index < -0.39 is 0 Å². The third-order valence-corrected chi connectivity index (χ3v) is 4.93. The summed E-state index contributed by atoms with van der Waals surface area (Å²) in [4.78, 5) is 4.59. The predicted octanol–water partition coefficient (Wildman–Crippen LogP) is 2.85. The number of nitrogens with two attached hydrogens (primary N) is 1. The zero-order valence-electron chi connectivity index (χ0n) is 9.11. The second kappa shape index (κ2) is 5.32. The second-order valence-corrected chi connectivity index (χ2v) is 6.33. The summed E-state index contributed by atoms with van der Waals surface area (Å²) in [5, 5.41) is 3.38. The van der Waals surface area contributed by atoms with Crippen molar-refractivity contribution in [3.8, 4) is 0 Å². The summed E-state index contributed by atoms with van der Waals surface area (Å²) in [5.41, 5.74) is 6.85. The fraction of sp³-hybridized carbons (Fsp3) is 0.727. The van der Waals surface area contributed by atoms with E-state index in [1.165, 1.54) is 29.4 Å². The Bertz CT molecular complexity index is 303. The molecule has 1 saturated heterocycles. The summed E-state index contributed by atoms with van der Waals surface area (Å²) in [6, 6.07) is 0.0794. The molecule has 0 aliphatic carbocycles. The van der Waals surface area contributed by atoms with Gasteiger partial charge in [0.25, 0.3) is 0 Å². The van der Waals surface area contributed by atoms with Crippen molar-refractivity contribution in [1.29, 1.82) is 0 Å². The first-order chi connectivity index (χ1) is 7.25. The highest BCUT2D eigenvalue weighted by Gasteiger charge is 2.16. The highest BCUT2D eigenvalue weighted by Crippen LogP contribution is 2.27. The van der Waals surface area contributed by atoms with Crippen LogP contribution >= 0.6 is 23.1 Å². The number of thiazole rings is 1. The Morgan fingerprint density at radius 1 is 1.67 bits per heavy atom. The summed E-state index contributed by atoms with van der Waals surface area (Å²) in [5.74, 6) is 3.50. The van der Waals surface area contributed by atoms with Gasteiger partial charge in [-0.05, 0) is 37.2 Å². The Morgan fingerprint density at radius 3 is 3.13 bits per heavy atom. The van der Waals surface area contributed by atoms with Gasteiger partial charge in [0.15, 0.2) is 0 Å². The van der Waals surface area contributed by atoms with Crippen LogP contribution in [0.25, 0.3) is 0 Å². The summed E-state index contributed by atoms with van der Waals surface area (Å²) >= 11 is 3.86. The van der Waals surface area contributed by atoms with Gasteiger partial charge in [-0.3, -0.25) is 0 Å². The minimum absolute atomic E-state index is 0.0794. The highest BCUT2D eigenvalue weighted by molar-refractivity contribution is 7.99. The number of hydrogen-bond acceptors (Lipinski definition) is 4. The van der Waals surface area contributed by atoms with Crippen LogP contribution in [0.5, 0.6) is 0 Å². The molecule has 1 aromatic rings. The zero-order valence-corrected chi connectivity index (χ0v) is 10.7. The van der Waals surface area contributed by atoms with Crippen LogP contribution in [0.15, 0.2) is 5.38 Å². The summed E-state index contributed by atoms with van der Waals surface area (Å²) in [6.07, 6.45) is 3.91. The molecule has 0 aromatic carbocycles. The molecule has 2 atom stereocenters. The van der Waals surface area contributed by atoms with Crippen molar-refractivity contribution in [2.24, 2.45) is 11.7 Å². The van der Waals surface area contributed by atoms with E-state index in [1.54, 1.807) is 11.3 Å². The summed E-state index contributed by atoms with van der Waals surface area (Å²) < 4.78 is 0. The first-order valence-corrected chi connectivity index (χ1v) is 7.57. The molecule has 2 nitrogen and oxygen atoms in total. The SMILES string of the molecule is CC(N)c1csc(CC2CCCSC2)n1. The van der Waals surface area contributed by atoms with Gasteiger partial charge in [-0.25, -0.2) is 4.98 Å². The Balaban J connectivity index is 1.91. The molecule has 2 rings (SSSR count). The van der Waals surface area contributed by atoms with Crippen LogP contribution in [0.2, 0.25) is 0 Å². The van der Waals surface area contributed by atoms with Crippen molar-refractivity contribution in [2.45, 2.75) is 32.2 Å². The van der Waals surface area contributed by atoms with Crippen molar-refractivity contribution in [3.63, 3.8) is 0 Å². The van der Waals surface area contributed by atoms with Crippen molar-refractivity contribution in [1.82, 2.24) is 4.98 Å². The molecular weight excluding hydrogens is 224 g/mol. The predicted molar refractivity (Wildman–Crippen MR) is 68.5 cm³/mol. The van der Waals surface area contributed by atoms with Gasteiger partial charge in [0.1, 0.15) is 0 Å². The van der Waals surface area contributed by atoms with Crippen LogP contribution in [-0.2, 0) is 6.42 Å². The van der Waals surface area contributed by atoms with Crippen molar-refractivity contribution in [3.05, 3.63) is 16.1 Å². The number of aromatic nitrogens is 1. The maximum Gasteiger partial charge on any atom is 0.0932 e.